The van der Waals surface area contributed by atoms with Crippen LogP contribution in [0.2, 0.25) is 0 Å². The second-order valence-electron chi connectivity index (χ2n) is 4.34. The molecule has 3 aromatic rings. The van der Waals surface area contributed by atoms with E-state index in [-0.39, 0.29) is 18.1 Å². The molecule has 1 aromatic carbocycles. The molecule has 5 nitrogen and oxygen atoms in total. The van der Waals surface area contributed by atoms with E-state index in [9.17, 15) is 4.79 Å². The normalized spacial score (nSPS) is 12.7. The Morgan fingerprint density at radius 1 is 1.26 bits per heavy atom. The maximum absolute atomic E-state index is 12.2. The van der Waals surface area contributed by atoms with E-state index in [1.54, 1.807) is 30.7 Å². The Bertz CT molecular complexity index is 747. The molecule has 2 aromatic heterocycles. The van der Waals surface area contributed by atoms with Gasteiger partial charge in [-0.1, -0.05) is 18.2 Å². The second-order valence-corrected chi connectivity index (χ2v) is 4.34. The van der Waals surface area contributed by atoms with Crippen molar-refractivity contribution in [2.45, 2.75) is 12.6 Å². The van der Waals surface area contributed by atoms with Gasteiger partial charge in [-0.3, -0.25) is 4.79 Å². The fourth-order valence-electron chi connectivity index (χ4n) is 2.04. The molecule has 0 aliphatic carbocycles. The largest absolute Gasteiger partial charge is 0.468 e. The Morgan fingerprint density at radius 2 is 2.11 bits per heavy atom. The number of nitrogens with two attached hydrogens (primary N) is 1. The molecule has 1 unspecified atom stereocenters. The molecular weight excluding hydrogens is 242 g/mol. The lowest BCUT2D eigenvalue weighted by Crippen LogP contribution is -2.28. The molecule has 1 atom stereocenters. The van der Waals surface area contributed by atoms with E-state index in [0.29, 0.717) is 11.1 Å². The van der Waals surface area contributed by atoms with Gasteiger partial charge in [0.2, 0.25) is 0 Å². The molecule has 0 spiro atoms. The summed E-state index contributed by atoms with van der Waals surface area (Å²) >= 11 is 0. The zero-order valence-electron chi connectivity index (χ0n) is 10.2. The molecule has 0 saturated carbocycles. The van der Waals surface area contributed by atoms with Crippen LogP contribution in [0.25, 0.3) is 10.8 Å². The summed E-state index contributed by atoms with van der Waals surface area (Å²) in [6.45, 7) is 0.289. The van der Waals surface area contributed by atoms with Crippen LogP contribution in [0.3, 0.4) is 0 Å². The first-order valence-electron chi connectivity index (χ1n) is 5.99. The van der Waals surface area contributed by atoms with Crippen LogP contribution < -0.4 is 11.3 Å². The monoisotopic (exact) mass is 255 g/mol. The zero-order chi connectivity index (χ0) is 13.2. The quantitative estimate of drug-likeness (QED) is 0.772. The maximum atomic E-state index is 12.2. The Kier molecular flexibility index (Phi) is 2.89. The number of hydrogen-bond donors (Lipinski definition) is 1. The topological polar surface area (TPSA) is 74.1 Å². The number of benzene rings is 1. The lowest BCUT2D eigenvalue weighted by molar-refractivity contribution is 0.414. The van der Waals surface area contributed by atoms with Crippen LogP contribution in [0, 0.1) is 0 Å². The Hall–Kier alpha value is -2.40. The highest BCUT2D eigenvalue weighted by Crippen LogP contribution is 2.12. The first-order chi connectivity index (χ1) is 9.25. The molecule has 2 N–H and O–H groups in total. The Morgan fingerprint density at radius 3 is 2.89 bits per heavy atom. The van der Waals surface area contributed by atoms with Gasteiger partial charge >= 0.3 is 0 Å². The highest BCUT2D eigenvalue weighted by molar-refractivity contribution is 5.80. The minimum Gasteiger partial charge on any atom is -0.468 e. The van der Waals surface area contributed by atoms with Crippen LogP contribution in [-0.4, -0.2) is 9.78 Å². The van der Waals surface area contributed by atoms with Crippen molar-refractivity contribution in [3.05, 3.63) is 65.0 Å². The van der Waals surface area contributed by atoms with Gasteiger partial charge in [-0.25, -0.2) is 4.68 Å². The van der Waals surface area contributed by atoms with E-state index in [4.69, 9.17) is 10.2 Å². The van der Waals surface area contributed by atoms with Crippen molar-refractivity contribution in [1.29, 1.82) is 0 Å². The molecule has 3 rings (SSSR count). The van der Waals surface area contributed by atoms with Crippen LogP contribution in [0.1, 0.15) is 11.8 Å². The number of fused-ring (bicyclic) bond motifs is 1. The molecule has 0 amide bonds. The second kappa shape index (κ2) is 4.70. The van der Waals surface area contributed by atoms with Crippen LogP contribution >= 0.6 is 0 Å². The Balaban J connectivity index is 1.98. The van der Waals surface area contributed by atoms with Gasteiger partial charge in [0.25, 0.3) is 5.56 Å². The van der Waals surface area contributed by atoms with E-state index in [0.717, 1.165) is 5.39 Å². The van der Waals surface area contributed by atoms with Gasteiger partial charge in [0, 0.05) is 5.39 Å². The summed E-state index contributed by atoms with van der Waals surface area (Å²) in [4.78, 5) is 12.2. The van der Waals surface area contributed by atoms with Crippen molar-refractivity contribution in [1.82, 2.24) is 9.78 Å². The summed E-state index contributed by atoms with van der Waals surface area (Å²) in [6.07, 6.45) is 3.23. The molecule has 0 aliphatic rings. The van der Waals surface area contributed by atoms with Crippen LogP contribution in [-0.2, 0) is 6.54 Å². The predicted octanol–water partition coefficient (Wildman–Crippen LogP) is 1.69. The third-order valence-corrected chi connectivity index (χ3v) is 3.04. The van der Waals surface area contributed by atoms with Crippen LogP contribution in [0.5, 0.6) is 0 Å². The minimum absolute atomic E-state index is 0.139. The lowest BCUT2D eigenvalue weighted by atomic mass is 10.2. The smallest absolute Gasteiger partial charge is 0.274 e. The molecule has 0 saturated heterocycles. The number of hydrogen-bond acceptors (Lipinski definition) is 4. The maximum Gasteiger partial charge on any atom is 0.274 e. The Labute approximate surface area is 109 Å². The molecule has 0 fully saturated rings. The van der Waals surface area contributed by atoms with Crippen molar-refractivity contribution in [2.24, 2.45) is 5.73 Å². The lowest BCUT2D eigenvalue weighted by Gasteiger charge is -2.10. The third-order valence-electron chi connectivity index (χ3n) is 3.04. The van der Waals surface area contributed by atoms with Gasteiger partial charge in [-0.2, -0.15) is 5.10 Å². The fourth-order valence-corrected chi connectivity index (χ4v) is 2.04. The van der Waals surface area contributed by atoms with Crippen molar-refractivity contribution < 1.29 is 4.42 Å². The van der Waals surface area contributed by atoms with Crippen LogP contribution in [0.15, 0.2) is 58.1 Å². The summed E-state index contributed by atoms with van der Waals surface area (Å²) in [7, 11) is 0. The van der Waals surface area contributed by atoms with E-state index in [2.05, 4.69) is 5.10 Å². The molecule has 0 radical (unpaired) electrons. The van der Waals surface area contributed by atoms with E-state index < -0.39 is 0 Å². The first-order valence-corrected chi connectivity index (χ1v) is 5.99. The SMILES string of the molecule is NC(Cn1ncc2ccccc2c1=O)c1ccco1. The third kappa shape index (κ3) is 2.15. The highest BCUT2D eigenvalue weighted by atomic mass is 16.3. The van der Waals surface area contributed by atoms with Gasteiger partial charge in [-0.15, -0.1) is 0 Å². The number of nitrogens with zero attached hydrogens (tertiary/aromatic N) is 2. The molecular formula is C14H13N3O2. The van der Waals surface area contributed by atoms with Gasteiger partial charge in [-0.05, 0) is 18.2 Å². The molecule has 96 valence electrons. The van der Waals surface area contributed by atoms with Gasteiger partial charge in [0.05, 0.1) is 30.4 Å². The summed E-state index contributed by atoms with van der Waals surface area (Å²) in [5.74, 6) is 0.641. The van der Waals surface area contributed by atoms with Crippen molar-refractivity contribution in [2.75, 3.05) is 0 Å². The van der Waals surface area contributed by atoms with Crippen molar-refractivity contribution >= 4 is 10.8 Å². The summed E-state index contributed by atoms with van der Waals surface area (Å²) < 4.78 is 6.60. The summed E-state index contributed by atoms with van der Waals surface area (Å²) in [5, 5.41) is 5.61. The predicted molar refractivity (Wildman–Crippen MR) is 71.6 cm³/mol. The zero-order valence-corrected chi connectivity index (χ0v) is 10.2. The number of aromatic nitrogens is 2. The van der Waals surface area contributed by atoms with Gasteiger partial charge < -0.3 is 10.2 Å². The van der Waals surface area contributed by atoms with E-state index in [1.165, 1.54) is 4.68 Å². The molecule has 0 aliphatic heterocycles. The van der Waals surface area contributed by atoms with Gasteiger partial charge in [0.1, 0.15) is 5.76 Å². The molecule has 2 heterocycles. The van der Waals surface area contributed by atoms with E-state index >= 15 is 0 Å². The number of rotatable bonds is 3. The minimum atomic E-state index is -0.388. The fraction of sp³-hybridized carbons (Fsp3) is 0.143. The highest BCUT2D eigenvalue weighted by Gasteiger charge is 2.12. The van der Waals surface area contributed by atoms with Crippen LogP contribution in [0.4, 0.5) is 0 Å². The standard InChI is InChI=1S/C14H13N3O2/c15-12(13-6-3-7-19-13)9-17-14(18)11-5-2-1-4-10(11)8-16-17/h1-8,12H,9,15H2. The van der Waals surface area contributed by atoms with E-state index in [1.807, 2.05) is 18.2 Å². The molecule has 0 bridgehead atoms. The average molecular weight is 255 g/mol. The van der Waals surface area contributed by atoms with Crippen molar-refractivity contribution in [3.63, 3.8) is 0 Å². The number of furan rings is 1. The summed E-state index contributed by atoms with van der Waals surface area (Å²) in [6, 6.07) is 10.5. The average Bonchev–Trinajstić information content (AvgIpc) is 2.96. The molecule has 19 heavy (non-hydrogen) atoms. The van der Waals surface area contributed by atoms with Crippen molar-refractivity contribution in [3.8, 4) is 0 Å². The summed E-state index contributed by atoms with van der Waals surface area (Å²) in [5.41, 5.74) is 5.85. The molecule has 5 heteroatoms. The first kappa shape index (κ1) is 11.7. The van der Waals surface area contributed by atoms with Gasteiger partial charge in [0.15, 0.2) is 0 Å².